The van der Waals surface area contributed by atoms with Crippen LogP contribution < -0.4 is 10.2 Å². The lowest BCUT2D eigenvalue weighted by molar-refractivity contribution is 0.0452. The molecule has 2 unspecified atom stereocenters. The molecule has 2 bridgehead atoms. The Kier molecular flexibility index (Phi) is 4.63. The van der Waals surface area contributed by atoms with Crippen LogP contribution in [0.25, 0.3) is 0 Å². The standard InChI is InChI=1S/C20H30N4O2.H2/c1-5-12(4)17-16-19(23-18(22-17)11(2)3)24-9-13-7-6-8-14(21-13)15(24)10-26-20(16)25;/h11-15,21H,5-10H2,1-4H3;1H/t12?,13-,14+,15?;/m0./s1. The molecule has 0 amide bonds. The van der Waals surface area contributed by atoms with Crippen molar-refractivity contribution in [3.63, 3.8) is 0 Å². The second-order valence-corrected chi connectivity index (χ2v) is 8.35. The van der Waals surface area contributed by atoms with Crippen molar-refractivity contribution in [1.82, 2.24) is 15.3 Å². The highest BCUT2D eigenvalue weighted by Crippen LogP contribution is 2.36. The van der Waals surface area contributed by atoms with Gasteiger partial charge in [0.15, 0.2) is 0 Å². The summed E-state index contributed by atoms with van der Waals surface area (Å²) in [6.45, 7) is 9.81. The Morgan fingerprint density at radius 2 is 2.12 bits per heavy atom. The number of esters is 1. The van der Waals surface area contributed by atoms with Crippen molar-refractivity contribution in [2.45, 2.75) is 83.3 Å². The first-order valence-corrected chi connectivity index (χ1v) is 10.1. The summed E-state index contributed by atoms with van der Waals surface area (Å²) in [5.41, 5.74) is 1.46. The molecule has 4 atom stereocenters. The van der Waals surface area contributed by atoms with Gasteiger partial charge in [0.05, 0.1) is 11.7 Å². The molecule has 0 radical (unpaired) electrons. The minimum atomic E-state index is -0.255. The average molecular weight is 361 g/mol. The van der Waals surface area contributed by atoms with Gasteiger partial charge in [-0.15, -0.1) is 0 Å². The van der Waals surface area contributed by atoms with Crippen LogP contribution in [0.15, 0.2) is 0 Å². The topological polar surface area (TPSA) is 67.3 Å². The number of carbonyl (C=O) groups excluding carboxylic acids is 1. The zero-order valence-corrected chi connectivity index (χ0v) is 16.3. The highest BCUT2D eigenvalue weighted by molar-refractivity contribution is 5.97. The Morgan fingerprint density at radius 1 is 1.31 bits per heavy atom. The number of fused-ring (bicyclic) bond motifs is 6. The molecule has 6 nitrogen and oxygen atoms in total. The van der Waals surface area contributed by atoms with Crippen LogP contribution in [-0.4, -0.2) is 47.2 Å². The van der Waals surface area contributed by atoms with Crippen LogP contribution in [-0.2, 0) is 4.74 Å². The normalized spacial score (nSPS) is 28.9. The second kappa shape index (κ2) is 6.80. The Labute approximate surface area is 157 Å². The van der Waals surface area contributed by atoms with Crippen molar-refractivity contribution in [2.24, 2.45) is 0 Å². The van der Waals surface area contributed by atoms with E-state index in [0.29, 0.717) is 24.3 Å². The van der Waals surface area contributed by atoms with Crippen LogP contribution in [0.3, 0.4) is 0 Å². The number of hydrogen-bond donors (Lipinski definition) is 1. The summed E-state index contributed by atoms with van der Waals surface area (Å²) in [6.07, 6.45) is 4.49. The lowest BCUT2D eigenvalue weighted by Gasteiger charge is -2.48. The van der Waals surface area contributed by atoms with Crippen LogP contribution in [0, 0.1) is 0 Å². The average Bonchev–Trinajstić information content (AvgIpc) is 2.78. The number of rotatable bonds is 3. The maximum Gasteiger partial charge on any atom is 0.343 e. The van der Waals surface area contributed by atoms with E-state index in [4.69, 9.17) is 14.7 Å². The van der Waals surface area contributed by atoms with Gasteiger partial charge in [0.25, 0.3) is 0 Å². The SMILES string of the molecule is CCC(C)c1nc(C(C)C)nc2c1C(=O)OCC1[C@H]3CCC[C@@H](CN21)N3.[HH]. The number of hydrogen-bond acceptors (Lipinski definition) is 6. The largest absolute Gasteiger partial charge is 0.460 e. The molecule has 0 aliphatic carbocycles. The third kappa shape index (κ3) is 2.88. The molecule has 1 aromatic rings. The number of piperazine rings is 1. The molecule has 3 aliphatic rings. The van der Waals surface area contributed by atoms with E-state index in [0.717, 1.165) is 36.7 Å². The van der Waals surface area contributed by atoms with E-state index in [-0.39, 0.29) is 25.3 Å². The summed E-state index contributed by atoms with van der Waals surface area (Å²) in [6, 6.07) is 0.998. The number of piperidine rings is 1. The molecular formula is C20H32N4O2. The van der Waals surface area contributed by atoms with E-state index in [1.54, 1.807) is 0 Å². The number of anilines is 1. The van der Waals surface area contributed by atoms with Crippen LogP contribution in [0.1, 0.15) is 88.5 Å². The van der Waals surface area contributed by atoms with Crippen molar-refractivity contribution >= 4 is 11.8 Å². The third-order valence-corrected chi connectivity index (χ3v) is 6.19. The molecule has 2 saturated heterocycles. The van der Waals surface area contributed by atoms with Crippen molar-refractivity contribution in [2.75, 3.05) is 18.1 Å². The van der Waals surface area contributed by atoms with Gasteiger partial charge in [-0.25, -0.2) is 14.8 Å². The van der Waals surface area contributed by atoms with E-state index in [2.05, 4.69) is 37.9 Å². The maximum absolute atomic E-state index is 12.9. The lowest BCUT2D eigenvalue weighted by Crippen LogP contribution is -2.65. The van der Waals surface area contributed by atoms with Crippen LogP contribution in [0.4, 0.5) is 5.82 Å². The molecule has 4 rings (SSSR count). The van der Waals surface area contributed by atoms with Gasteiger partial charge in [-0.05, 0) is 25.2 Å². The van der Waals surface area contributed by atoms with Crippen molar-refractivity contribution in [3.8, 4) is 0 Å². The number of cyclic esters (lactones) is 1. The highest BCUT2D eigenvalue weighted by atomic mass is 16.5. The zero-order valence-electron chi connectivity index (χ0n) is 16.3. The van der Waals surface area contributed by atoms with E-state index >= 15 is 0 Å². The third-order valence-electron chi connectivity index (χ3n) is 6.19. The van der Waals surface area contributed by atoms with E-state index in [1.165, 1.54) is 12.8 Å². The van der Waals surface area contributed by atoms with Gasteiger partial charge >= 0.3 is 5.97 Å². The maximum atomic E-state index is 12.9. The molecule has 0 spiro atoms. The van der Waals surface area contributed by atoms with Crippen LogP contribution in [0.5, 0.6) is 0 Å². The number of aromatic nitrogens is 2. The van der Waals surface area contributed by atoms with Crippen molar-refractivity contribution < 1.29 is 11.0 Å². The predicted octanol–water partition coefficient (Wildman–Crippen LogP) is 3.23. The minimum absolute atomic E-state index is 0. The fraction of sp³-hybridized carbons (Fsp3) is 0.750. The van der Waals surface area contributed by atoms with Gasteiger partial charge < -0.3 is 15.0 Å². The van der Waals surface area contributed by atoms with Crippen molar-refractivity contribution in [3.05, 3.63) is 17.1 Å². The second-order valence-electron chi connectivity index (χ2n) is 8.35. The van der Waals surface area contributed by atoms with Gasteiger partial charge in [-0.1, -0.05) is 34.1 Å². The van der Waals surface area contributed by atoms with E-state index in [9.17, 15) is 4.79 Å². The summed E-state index contributed by atoms with van der Waals surface area (Å²) in [4.78, 5) is 25.0. The zero-order chi connectivity index (χ0) is 18.4. The summed E-state index contributed by atoms with van der Waals surface area (Å²) >= 11 is 0. The molecule has 0 aromatic carbocycles. The Balaban J connectivity index is 0.00000210. The molecule has 26 heavy (non-hydrogen) atoms. The Morgan fingerprint density at radius 3 is 2.85 bits per heavy atom. The monoisotopic (exact) mass is 360 g/mol. The smallest absolute Gasteiger partial charge is 0.343 e. The quantitative estimate of drug-likeness (QED) is 0.835. The molecule has 1 N–H and O–H groups in total. The van der Waals surface area contributed by atoms with Gasteiger partial charge in [-0.3, -0.25) is 0 Å². The highest BCUT2D eigenvalue weighted by Gasteiger charge is 2.43. The summed E-state index contributed by atoms with van der Waals surface area (Å²) < 4.78 is 5.73. The first-order chi connectivity index (χ1) is 12.5. The minimum Gasteiger partial charge on any atom is -0.460 e. The molecule has 2 fully saturated rings. The molecule has 3 aliphatic heterocycles. The van der Waals surface area contributed by atoms with Gasteiger partial charge in [0.2, 0.25) is 0 Å². The fourth-order valence-corrected chi connectivity index (χ4v) is 4.47. The number of nitrogens with zero attached hydrogens (tertiary/aromatic N) is 3. The number of carbonyl (C=O) groups is 1. The van der Waals surface area contributed by atoms with E-state index in [1.807, 2.05) is 0 Å². The van der Waals surface area contributed by atoms with Gasteiger partial charge in [0, 0.05) is 26.0 Å². The van der Waals surface area contributed by atoms with Gasteiger partial charge in [-0.2, -0.15) is 0 Å². The molecule has 0 saturated carbocycles. The van der Waals surface area contributed by atoms with Crippen molar-refractivity contribution in [1.29, 1.82) is 0 Å². The first kappa shape index (κ1) is 17.7. The number of ether oxygens (including phenoxy) is 1. The fourth-order valence-electron chi connectivity index (χ4n) is 4.47. The molecule has 144 valence electrons. The summed E-state index contributed by atoms with van der Waals surface area (Å²) in [5, 5.41) is 3.73. The van der Waals surface area contributed by atoms with Crippen LogP contribution >= 0.6 is 0 Å². The Bertz CT molecular complexity index is 711. The Hall–Kier alpha value is -1.69. The molecular weight excluding hydrogens is 328 g/mol. The number of nitrogens with one attached hydrogen (secondary N) is 1. The lowest BCUT2D eigenvalue weighted by atomic mass is 9.88. The van der Waals surface area contributed by atoms with Crippen LogP contribution in [0.2, 0.25) is 0 Å². The predicted molar refractivity (Wildman–Crippen MR) is 103 cm³/mol. The molecule has 1 aromatic heterocycles. The molecule has 4 heterocycles. The summed E-state index contributed by atoms with van der Waals surface area (Å²) in [7, 11) is 0. The summed E-state index contributed by atoms with van der Waals surface area (Å²) in [5.74, 6) is 1.81. The first-order valence-electron chi connectivity index (χ1n) is 10.1. The van der Waals surface area contributed by atoms with E-state index < -0.39 is 0 Å². The molecule has 6 heteroatoms. The van der Waals surface area contributed by atoms with Gasteiger partial charge in [0.1, 0.15) is 23.8 Å².